The molecular formula is C19H17NO. The Balaban J connectivity index is 1.82. The second-order valence-corrected chi connectivity index (χ2v) is 5.39. The van der Waals surface area contributed by atoms with Gasteiger partial charge >= 0.3 is 0 Å². The molecule has 1 aliphatic rings. The zero-order chi connectivity index (χ0) is 14.2. The van der Waals surface area contributed by atoms with E-state index in [1.807, 2.05) is 12.1 Å². The molecular weight excluding hydrogens is 258 g/mol. The molecule has 2 heterocycles. The van der Waals surface area contributed by atoms with Crippen molar-refractivity contribution in [2.45, 2.75) is 13.0 Å². The molecule has 0 saturated heterocycles. The molecule has 0 N–H and O–H groups in total. The van der Waals surface area contributed by atoms with Crippen LogP contribution in [-0.2, 0) is 13.0 Å². The number of ether oxygens (including phenoxy) is 1. The van der Waals surface area contributed by atoms with Crippen molar-refractivity contribution in [3.05, 3.63) is 66.2 Å². The summed E-state index contributed by atoms with van der Waals surface area (Å²) in [6, 6.07) is 21.5. The molecule has 104 valence electrons. The van der Waals surface area contributed by atoms with Crippen LogP contribution in [0, 0.1) is 0 Å². The number of hydrogen-bond donors (Lipinski definition) is 0. The van der Waals surface area contributed by atoms with Crippen LogP contribution in [-0.4, -0.2) is 11.7 Å². The maximum Gasteiger partial charge on any atom is 0.118 e. The Hall–Kier alpha value is -2.48. The van der Waals surface area contributed by atoms with Crippen LogP contribution in [0.3, 0.4) is 0 Å². The van der Waals surface area contributed by atoms with E-state index in [0.29, 0.717) is 0 Å². The van der Waals surface area contributed by atoms with Crippen molar-refractivity contribution in [2.24, 2.45) is 0 Å². The molecule has 21 heavy (non-hydrogen) atoms. The van der Waals surface area contributed by atoms with Crippen LogP contribution in [0.15, 0.2) is 60.7 Å². The first-order valence-corrected chi connectivity index (χ1v) is 7.29. The molecule has 0 aliphatic carbocycles. The first-order valence-electron chi connectivity index (χ1n) is 7.29. The van der Waals surface area contributed by atoms with Crippen LogP contribution >= 0.6 is 0 Å². The number of aromatic nitrogens is 1. The average molecular weight is 275 g/mol. The molecule has 0 saturated carbocycles. The Morgan fingerprint density at radius 2 is 1.62 bits per heavy atom. The number of benzene rings is 2. The van der Waals surface area contributed by atoms with Crippen molar-refractivity contribution in [3.8, 4) is 28.3 Å². The summed E-state index contributed by atoms with van der Waals surface area (Å²) in [5.74, 6) is 0.898. The van der Waals surface area contributed by atoms with E-state index in [1.165, 1.54) is 28.1 Å². The summed E-state index contributed by atoms with van der Waals surface area (Å²) in [5.41, 5.74) is 6.65. The van der Waals surface area contributed by atoms with E-state index in [0.717, 1.165) is 18.7 Å². The zero-order valence-corrected chi connectivity index (χ0v) is 12.0. The van der Waals surface area contributed by atoms with E-state index in [4.69, 9.17) is 4.74 Å². The van der Waals surface area contributed by atoms with Crippen molar-refractivity contribution >= 4 is 0 Å². The normalized spacial score (nSPS) is 12.6. The highest BCUT2D eigenvalue weighted by Gasteiger charge is 2.18. The van der Waals surface area contributed by atoms with Gasteiger partial charge in [0.25, 0.3) is 0 Å². The average Bonchev–Trinajstić information content (AvgIpc) is 2.99. The third-order valence-corrected chi connectivity index (χ3v) is 4.26. The molecule has 0 spiro atoms. The summed E-state index contributed by atoms with van der Waals surface area (Å²) < 4.78 is 7.66. The minimum atomic E-state index is 0.898. The maximum absolute atomic E-state index is 5.24. The van der Waals surface area contributed by atoms with Gasteiger partial charge in [-0.1, -0.05) is 24.3 Å². The van der Waals surface area contributed by atoms with Gasteiger partial charge in [0, 0.05) is 23.5 Å². The lowest BCUT2D eigenvalue weighted by molar-refractivity contribution is 0.415. The zero-order valence-electron chi connectivity index (χ0n) is 12.0. The summed E-state index contributed by atoms with van der Waals surface area (Å²) in [6.07, 6.45) is 1.10. The van der Waals surface area contributed by atoms with E-state index in [1.54, 1.807) is 7.11 Å². The van der Waals surface area contributed by atoms with Gasteiger partial charge in [-0.25, -0.2) is 0 Å². The third kappa shape index (κ3) is 1.95. The summed E-state index contributed by atoms with van der Waals surface area (Å²) in [4.78, 5) is 0. The number of methoxy groups -OCH3 is 1. The van der Waals surface area contributed by atoms with E-state index < -0.39 is 0 Å². The fourth-order valence-corrected chi connectivity index (χ4v) is 3.18. The predicted octanol–water partition coefficient (Wildman–Crippen LogP) is 4.39. The van der Waals surface area contributed by atoms with Crippen LogP contribution in [0.2, 0.25) is 0 Å². The SMILES string of the molecule is COc1ccc(-c2ccc3n2CCc2ccccc2-3)cc1. The van der Waals surface area contributed by atoms with E-state index in [9.17, 15) is 0 Å². The van der Waals surface area contributed by atoms with Gasteiger partial charge in [-0.15, -0.1) is 0 Å². The second-order valence-electron chi connectivity index (χ2n) is 5.39. The van der Waals surface area contributed by atoms with Crippen LogP contribution in [0.4, 0.5) is 0 Å². The Morgan fingerprint density at radius 3 is 2.43 bits per heavy atom. The molecule has 2 heteroatoms. The van der Waals surface area contributed by atoms with Gasteiger partial charge in [0.15, 0.2) is 0 Å². The maximum atomic E-state index is 5.24. The van der Waals surface area contributed by atoms with Crippen molar-refractivity contribution in [1.82, 2.24) is 4.57 Å². The van der Waals surface area contributed by atoms with Crippen LogP contribution in [0.5, 0.6) is 5.75 Å². The van der Waals surface area contributed by atoms with Gasteiger partial charge in [-0.2, -0.15) is 0 Å². The van der Waals surface area contributed by atoms with Gasteiger partial charge in [0.05, 0.1) is 7.11 Å². The first kappa shape index (κ1) is 12.3. The number of rotatable bonds is 2. The van der Waals surface area contributed by atoms with Crippen molar-refractivity contribution < 1.29 is 4.74 Å². The first-order chi connectivity index (χ1) is 10.4. The number of fused-ring (bicyclic) bond motifs is 3. The number of aryl methyl sites for hydroxylation is 1. The smallest absolute Gasteiger partial charge is 0.118 e. The van der Waals surface area contributed by atoms with Crippen molar-refractivity contribution in [2.75, 3.05) is 7.11 Å². The minimum absolute atomic E-state index is 0.898. The molecule has 0 atom stereocenters. The molecule has 4 rings (SSSR count). The lowest BCUT2D eigenvalue weighted by atomic mass is 9.99. The van der Waals surface area contributed by atoms with E-state index in [-0.39, 0.29) is 0 Å². The van der Waals surface area contributed by atoms with E-state index >= 15 is 0 Å². The highest BCUT2D eigenvalue weighted by Crippen LogP contribution is 2.35. The summed E-state index contributed by atoms with van der Waals surface area (Å²) in [6.45, 7) is 1.04. The molecule has 0 unspecified atom stereocenters. The lowest BCUT2D eigenvalue weighted by Crippen LogP contribution is -2.11. The lowest BCUT2D eigenvalue weighted by Gasteiger charge is -2.21. The quantitative estimate of drug-likeness (QED) is 0.676. The van der Waals surface area contributed by atoms with Gasteiger partial charge in [0.2, 0.25) is 0 Å². The molecule has 1 aromatic heterocycles. The highest BCUT2D eigenvalue weighted by atomic mass is 16.5. The minimum Gasteiger partial charge on any atom is -0.497 e. The molecule has 0 radical (unpaired) electrons. The van der Waals surface area contributed by atoms with Crippen LogP contribution in [0.25, 0.3) is 22.5 Å². The Morgan fingerprint density at radius 1 is 0.857 bits per heavy atom. The fraction of sp³-hybridized carbons (Fsp3) is 0.158. The van der Waals surface area contributed by atoms with Crippen LogP contribution in [0.1, 0.15) is 5.56 Å². The summed E-state index contributed by atoms with van der Waals surface area (Å²) in [5, 5.41) is 0. The largest absolute Gasteiger partial charge is 0.497 e. The molecule has 3 aromatic rings. The highest BCUT2D eigenvalue weighted by molar-refractivity contribution is 5.73. The second kappa shape index (κ2) is 4.81. The van der Waals surface area contributed by atoms with Crippen molar-refractivity contribution in [3.63, 3.8) is 0 Å². The number of nitrogens with zero attached hydrogens (tertiary/aromatic N) is 1. The molecule has 1 aliphatic heterocycles. The summed E-state index contributed by atoms with van der Waals surface area (Å²) >= 11 is 0. The van der Waals surface area contributed by atoms with E-state index in [2.05, 4.69) is 53.1 Å². The standard InChI is InChI=1S/C19H17NO/c1-21-16-8-6-15(7-9-16)18-10-11-19-17-5-3-2-4-14(17)12-13-20(18)19/h2-11H,12-13H2,1H3. The van der Waals surface area contributed by atoms with Gasteiger partial charge < -0.3 is 9.30 Å². The molecule has 2 aromatic carbocycles. The Bertz CT molecular complexity index is 784. The molecule has 0 bridgehead atoms. The topological polar surface area (TPSA) is 14.2 Å². The van der Waals surface area contributed by atoms with Gasteiger partial charge in [-0.05, 0) is 53.9 Å². The van der Waals surface area contributed by atoms with Crippen LogP contribution < -0.4 is 4.74 Å². The summed E-state index contributed by atoms with van der Waals surface area (Å²) in [7, 11) is 1.70. The molecule has 2 nitrogen and oxygen atoms in total. The third-order valence-electron chi connectivity index (χ3n) is 4.26. The monoisotopic (exact) mass is 275 g/mol. The fourth-order valence-electron chi connectivity index (χ4n) is 3.18. The molecule has 0 amide bonds. The molecule has 0 fully saturated rings. The van der Waals surface area contributed by atoms with Gasteiger partial charge in [0.1, 0.15) is 5.75 Å². The number of hydrogen-bond acceptors (Lipinski definition) is 1. The van der Waals surface area contributed by atoms with Gasteiger partial charge in [-0.3, -0.25) is 0 Å². The Labute approximate surface area is 124 Å². The predicted molar refractivity (Wildman–Crippen MR) is 85.6 cm³/mol. The van der Waals surface area contributed by atoms with Crippen molar-refractivity contribution in [1.29, 1.82) is 0 Å². The Kier molecular flexibility index (Phi) is 2.81.